The van der Waals surface area contributed by atoms with Crippen molar-refractivity contribution in [2.24, 2.45) is 0 Å². The number of para-hydroxylation sites is 2. The molecule has 1 fully saturated rings. The van der Waals surface area contributed by atoms with Crippen molar-refractivity contribution in [2.45, 2.75) is 37.6 Å². The number of imidazole rings is 1. The largest absolute Gasteiger partial charge is 0.310 e. The summed E-state index contributed by atoms with van der Waals surface area (Å²) in [5, 5.41) is 3.00. The van der Waals surface area contributed by atoms with Gasteiger partial charge in [-0.1, -0.05) is 30.7 Å². The molecule has 0 atom stereocenters. The molecule has 0 unspecified atom stereocenters. The molecule has 0 aliphatic carbocycles. The Morgan fingerprint density at radius 1 is 1.17 bits per heavy atom. The second-order valence-corrected chi connectivity index (χ2v) is 9.63. The fourth-order valence-electron chi connectivity index (χ4n) is 3.71. The lowest BCUT2D eigenvalue weighted by atomic mass is 10.2. The Balaban J connectivity index is 1.67. The monoisotopic (exact) mass is 446 g/mol. The molecule has 1 aliphatic heterocycles. The first-order valence-electron chi connectivity index (χ1n) is 9.98. The van der Waals surface area contributed by atoms with E-state index >= 15 is 0 Å². The molecule has 0 bridgehead atoms. The molecule has 2 aromatic carbocycles. The zero-order valence-electron chi connectivity index (χ0n) is 16.6. The van der Waals surface area contributed by atoms with Crippen LogP contribution in [0.15, 0.2) is 47.4 Å². The number of carbonyl (C=O) groups is 1. The predicted molar refractivity (Wildman–Crippen MR) is 117 cm³/mol. The van der Waals surface area contributed by atoms with Crippen LogP contribution < -0.4 is 5.32 Å². The van der Waals surface area contributed by atoms with Crippen LogP contribution in [0.1, 0.15) is 36.5 Å². The van der Waals surface area contributed by atoms with Crippen LogP contribution in [0.5, 0.6) is 0 Å². The van der Waals surface area contributed by atoms with Gasteiger partial charge in [0.05, 0.1) is 26.5 Å². The SMILES string of the molecule is CCCn1c(NC(=O)c2cc(S(=O)(=O)N3CCCC3)ccc2Cl)nc2ccccc21. The van der Waals surface area contributed by atoms with Crippen molar-refractivity contribution < 1.29 is 13.2 Å². The van der Waals surface area contributed by atoms with E-state index in [1.54, 1.807) is 0 Å². The van der Waals surface area contributed by atoms with E-state index in [2.05, 4.69) is 10.3 Å². The maximum absolute atomic E-state index is 13.0. The summed E-state index contributed by atoms with van der Waals surface area (Å²) in [4.78, 5) is 17.6. The second kappa shape index (κ2) is 8.37. The molecule has 4 rings (SSSR count). The van der Waals surface area contributed by atoms with Gasteiger partial charge in [0.25, 0.3) is 5.91 Å². The minimum Gasteiger partial charge on any atom is -0.310 e. The molecule has 1 aliphatic rings. The Labute approximate surface area is 180 Å². The van der Waals surface area contributed by atoms with E-state index in [9.17, 15) is 13.2 Å². The molecular formula is C21H23ClN4O3S. The number of rotatable bonds is 6. The molecule has 0 radical (unpaired) electrons. The van der Waals surface area contributed by atoms with Gasteiger partial charge in [-0.15, -0.1) is 0 Å². The molecule has 0 spiro atoms. The van der Waals surface area contributed by atoms with Crippen LogP contribution in [0.2, 0.25) is 5.02 Å². The Morgan fingerprint density at radius 2 is 1.90 bits per heavy atom. The lowest BCUT2D eigenvalue weighted by molar-refractivity contribution is 0.102. The molecule has 158 valence electrons. The normalized spacial score (nSPS) is 15.0. The van der Waals surface area contributed by atoms with Gasteiger partial charge in [-0.2, -0.15) is 4.31 Å². The van der Waals surface area contributed by atoms with Gasteiger partial charge in [0.2, 0.25) is 16.0 Å². The summed E-state index contributed by atoms with van der Waals surface area (Å²) in [6.07, 6.45) is 2.55. The topological polar surface area (TPSA) is 84.3 Å². The van der Waals surface area contributed by atoms with E-state index in [0.717, 1.165) is 30.3 Å². The number of carbonyl (C=O) groups excluding carboxylic acids is 1. The number of hydrogen-bond acceptors (Lipinski definition) is 4. The Bertz CT molecular complexity index is 1200. The number of hydrogen-bond donors (Lipinski definition) is 1. The second-order valence-electron chi connectivity index (χ2n) is 7.28. The van der Waals surface area contributed by atoms with Gasteiger partial charge in [-0.25, -0.2) is 13.4 Å². The number of aryl methyl sites for hydroxylation is 1. The first-order valence-corrected chi connectivity index (χ1v) is 11.8. The van der Waals surface area contributed by atoms with Crippen molar-refractivity contribution in [3.63, 3.8) is 0 Å². The first kappa shape index (κ1) is 20.8. The fourth-order valence-corrected chi connectivity index (χ4v) is 5.45. The predicted octanol–water partition coefficient (Wildman–Crippen LogP) is 4.14. The summed E-state index contributed by atoms with van der Waals surface area (Å²) < 4.78 is 29.1. The molecule has 3 aromatic rings. The number of nitrogens with one attached hydrogen (secondary N) is 1. The average molecular weight is 447 g/mol. The summed E-state index contributed by atoms with van der Waals surface area (Å²) >= 11 is 6.25. The number of aromatic nitrogens is 2. The zero-order chi connectivity index (χ0) is 21.3. The zero-order valence-corrected chi connectivity index (χ0v) is 18.2. The van der Waals surface area contributed by atoms with Crippen LogP contribution in [0, 0.1) is 0 Å². The molecule has 1 aromatic heterocycles. The maximum Gasteiger partial charge on any atom is 0.259 e. The van der Waals surface area contributed by atoms with Crippen molar-refractivity contribution >= 4 is 44.5 Å². The highest BCUT2D eigenvalue weighted by Gasteiger charge is 2.28. The maximum atomic E-state index is 13.0. The van der Waals surface area contributed by atoms with E-state index in [4.69, 9.17) is 11.6 Å². The highest BCUT2D eigenvalue weighted by Crippen LogP contribution is 2.27. The van der Waals surface area contributed by atoms with Crippen molar-refractivity contribution in [1.82, 2.24) is 13.9 Å². The van der Waals surface area contributed by atoms with Crippen LogP contribution in [0.25, 0.3) is 11.0 Å². The van der Waals surface area contributed by atoms with Crippen molar-refractivity contribution in [1.29, 1.82) is 0 Å². The van der Waals surface area contributed by atoms with Gasteiger partial charge in [0, 0.05) is 19.6 Å². The molecular weight excluding hydrogens is 424 g/mol. The summed E-state index contributed by atoms with van der Waals surface area (Å²) in [7, 11) is -3.65. The summed E-state index contributed by atoms with van der Waals surface area (Å²) in [6, 6.07) is 11.9. The lowest BCUT2D eigenvalue weighted by Crippen LogP contribution is -2.28. The van der Waals surface area contributed by atoms with E-state index in [1.807, 2.05) is 35.8 Å². The van der Waals surface area contributed by atoms with Gasteiger partial charge >= 0.3 is 0 Å². The third-order valence-corrected chi connectivity index (χ3v) is 7.44. The summed E-state index contributed by atoms with van der Waals surface area (Å²) in [6.45, 7) is 3.72. The fraction of sp³-hybridized carbons (Fsp3) is 0.333. The average Bonchev–Trinajstić information content (AvgIpc) is 3.38. The van der Waals surface area contributed by atoms with Gasteiger partial charge in [-0.3, -0.25) is 10.1 Å². The minimum absolute atomic E-state index is 0.0704. The number of nitrogens with zero attached hydrogens (tertiary/aromatic N) is 3. The molecule has 1 N–H and O–H groups in total. The third kappa shape index (κ3) is 3.82. The Kier molecular flexibility index (Phi) is 5.81. The molecule has 7 nitrogen and oxygen atoms in total. The van der Waals surface area contributed by atoms with Gasteiger partial charge in [0.1, 0.15) is 0 Å². The standard InChI is InChI=1S/C21H23ClN4O3S/c1-2-11-26-19-8-4-3-7-18(19)23-21(26)24-20(27)16-14-15(9-10-17(16)22)30(28,29)25-12-5-6-13-25/h3-4,7-10,14H,2,5-6,11-13H2,1H3,(H,23,24,27). The van der Waals surface area contributed by atoms with Crippen LogP contribution in [0.4, 0.5) is 5.95 Å². The van der Waals surface area contributed by atoms with Crippen molar-refractivity contribution in [3.05, 3.63) is 53.1 Å². The Hall–Kier alpha value is -2.42. The molecule has 30 heavy (non-hydrogen) atoms. The highest BCUT2D eigenvalue weighted by molar-refractivity contribution is 7.89. The van der Waals surface area contributed by atoms with Gasteiger partial charge < -0.3 is 4.57 Å². The first-order chi connectivity index (χ1) is 14.4. The smallest absolute Gasteiger partial charge is 0.259 e. The number of anilines is 1. The number of benzene rings is 2. The number of sulfonamides is 1. The quantitative estimate of drug-likeness (QED) is 0.616. The Morgan fingerprint density at radius 3 is 2.63 bits per heavy atom. The van der Waals surface area contributed by atoms with Crippen LogP contribution in [0.3, 0.4) is 0 Å². The highest BCUT2D eigenvalue weighted by atomic mass is 35.5. The van der Waals surface area contributed by atoms with E-state index < -0.39 is 15.9 Å². The van der Waals surface area contributed by atoms with Gasteiger partial charge in [-0.05, 0) is 49.6 Å². The van der Waals surface area contributed by atoms with Crippen molar-refractivity contribution in [2.75, 3.05) is 18.4 Å². The molecule has 9 heteroatoms. The van der Waals surface area contributed by atoms with Crippen LogP contribution >= 0.6 is 11.6 Å². The third-order valence-electron chi connectivity index (χ3n) is 5.21. The molecule has 0 saturated carbocycles. The van der Waals surface area contributed by atoms with Crippen LogP contribution in [-0.2, 0) is 16.6 Å². The van der Waals surface area contributed by atoms with E-state index in [1.165, 1.54) is 22.5 Å². The lowest BCUT2D eigenvalue weighted by Gasteiger charge is -2.16. The molecule has 1 amide bonds. The summed E-state index contributed by atoms with van der Waals surface area (Å²) in [5.41, 5.74) is 1.80. The van der Waals surface area contributed by atoms with E-state index in [0.29, 0.717) is 25.6 Å². The van der Waals surface area contributed by atoms with Gasteiger partial charge in [0.15, 0.2) is 0 Å². The van der Waals surface area contributed by atoms with Crippen molar-refractivity contribution in [3.8, 4) is 0 Å². The minimum atomic E-state index is -3.65. The molecule has 2 heterocycles. The van der Waals surface area contributed by atoms with E-state index in [-0.39, 0.29) is 15.5 Å². The number of fused-ring (bicyclic) bond motifs is 1. The number of halogens is 1. The number of amides is 1. The molecule has 1 saturated heterocycles. The van der Waals surface area contributed by atoms with Crippen LogP contribution in [-0.4, -0.2) is 41.3 Å². The summed E-state index contributed by atoms with van der Waals surface area (Å²) in [5.74, 6) is -0.0851.